The number of fused-ring (bicyclic) bond motifs is 20. The number of hydrogen-bond acceptors (Lipinski definition) is 11. The highest BCUT2D eigenvalue weighted by atomic mass is 32.2. The first kappa shape index (κ1) is 32.5. The Hall–Kier alpha value is 0.282. The van der Waals surface area contributed by atoms with Crippen LogP contribution in [0.3, 0.4) is 0 Å². The predicted octanol–water partition coefficient (Wildman–Crippen LogP) is 0.211. The molecule has 13 heteroatoms. The Morgan fingerprint density at radius 1 is 0.422 bits per heavy atom. The third kappa shape index (κ3) is 5.96. The van der Waals surface area contributed by atoms with Crippen LogP contribution in [0.2, 0.25) is 0 Å². The molecule has 0 aromatic heterocycles. The lowest BCUT2D eigenvalue weighted by Crippen LogP contribution is -2.62. The van der Waals surface area contributed by atoms with Crippen molar-refractivity contribution >= 4 is 28.7 Å². The van der Waals surface area contributed by atoms with E-state index in [0.29, 0.717) is 59.9 Å². The van der Waals surface area contributed by atoms with Crippen molar-refractivity contribution in [1.29, 1.82) is 0 Å². The highest BCUT2D eigenvalue weighted by molar-refractivity contribution is 7.74. The second kappa shape index (κ2) is 13.5. The summed E-state index contributed by atoms with van der Waals surface area (Å²) in [4.78, 5) is 0. The van der Waals surface area contributed by atoms with E-state index in [2.05, 4.69) is 42.5 Å². The molecule has 9 aliphatic rings. The Balaban J connectivity index is 0.00000300. The lowest BCUT2D eigenvalue weighted by molar-refractivity contribution is 0.0451. The van der Waals surface area contributed by atoms with Gasteiger partial charge in [-0.25, -0.2) is 4.21 Å². The van der Waals surface area contributed by atoms with Crippen molar-refractivity contribution in [3.05, 3.63) is 0 Å². The van der Waals surface area contributed by atoms with Crippen LogP contribution >= 0.6 is 0 Å². The Morgan fingerprint density at radius 3 is 1.04 bits per heavy atom. The van der Waals surface area contributed by atoms with E-state index in [0.717, 1.165) is 19.3 Å². The van der Waals surface area contributed by atoms with Crippen LogP contribution in [0.5, 0.6) is 0 Å². The van der Waals surface area contributed by atoms with Gasteiger partial charge in [0.05, 0.1) is 66.8 Å². The SMILES string of the molecule is O=S([O-])OC1CCCC2C3NC4NC(NC5NC(NC6NC(NC(N3)C12)C1CCCCC61)C1CCCCC51)C1CCCCC41.[AlH3]. The smallest absolute Gasteiger partial charge is 0.187 e. The van der Waals surface area contributed by atoms with Crippen LogP contribution in [0, 0.1) is 47.3 Å². The zero-order valence-corrected chi connectivity index (χ0v) is 26.9. The van der Waals surface area contributed by atoms with Crippen LogP contribution in [-0.4, -0.2) is 81.6 Å². The van der Waals surface area contributed by atoms with Crippen molar-refractivity contribution in [2.24, 2.45) is 47.3 Å². The van der Waals surface area contributed by atoms with Gasteiger partial charge < -0.3 is 4.55 Å². The minimum absolute atomic E-state index is 0. The molecule has 5 aliphatic heterocycles. The summed E-state index contributed by atoms with van der Waals surface area (Å²) >= 11 is -2.51. The molecule has 8 N–H and O–H groups in total. The van der Waals surface area contributed by atoms with E-state index in [1.54, 1.807) is 0 Å². The summed E-state index contributed by atoms with van der Waals surface area (Å²) in [5, 5.41) is 32.9. The van der Waals surface area contributed by atoms with Crippen molar-refractivity contribution in [2.45, 2.75) is 152 Å². The quantitative estimate of drug-likeness (QED) is 0.152. The van der Waals surface area contributed by atoms with Gasteiger partial charge in [0.2, 0.25) is 0 Å². The standard InChI is InChI=1S/C32H56N8O3S.Al.3H/c41-44(42)43-23-15-7-14-22-24(23)32-39-30-21-13-6-5-12-20(21)28(37-30)35-26-17-9-2-1-8-16(17)25(33-26)34-27-18-10-3-4-11-19(18)29(36-27)38-31(22)40-32;;;;/h16-40H,1-15H2,(H,41,42);;;;/p-1. The van der Waals surface area contributed by atoms with Crippen LogP contribution in [0.1, 0.15) is 96.3 Å². The Morgan fingerprint density at radius 2 is 0.711 bits per heavy atom. The third-order valence-corrected chi connectivity index (χ3v) is 14.4. The molecule has 18 unspecified atom stereocenters. The first-order chi connectivity index (χ1) is 21.6. The van der Waals surface area contributed by atoms with Gasteiger partial charge in [0.15, 0.2) is 17.4 Å². The van der Waals surface area contributed by atoms with Crippen LogP contribution in [0.15, 0.2) is 0 Å². The monoisotopic (exact) mass is 661 g/mol. The van der Waals surface area contributed by atoms with Gasteiger partial charge >= 0.3 is 0 Å². The summed E-state index contributed by atoms with van der Waals surface area (Å²) in [6, 6.07) is 0. The molecule has 0 amide bonds. The zero-order chi connectivity index (χ0) is 29.4. The Kier molecular flexibility index (Phi) is 9.77. The van der Waals surface area contributed by atoms with Gasteiger partial charge in [0, 0.05) is 5.92 Å². The summed E-state index contributed by atoms with van der Waals surface area (Å²) in [7, 11) is 0. The molecule has 0 spiro atoms. The fourth-order valence-electron chi connectivity index (χ4n) is 12.2. The van der Waals surface area contributed by atoms with E-state index in [1.807, 2.05) is 0 Å². The molecule has 0 radical (unpaired) electrons. The second-order valence-electron chi connectivity index (χ2n) is 16.0. The number of rotatable bonds is 2. The van der Waals surface area contributed by atoms with Gasteiger partial charge in [-0.3, -0.25) is 46.7 Å². The average molecular weight is 662 g/mol. The van der Waals surface area contributed by atoms with Crippen LogP contribution in [0.25, 0.3) is 0 Å². The summed E-state index contributed by atoms with van der Waals surface area (Å²) in [6.45, 7) is 0. The van der Waals surface area contributed by atoms with Gasteiger partial charge in [0.1, 0.15) is 0 Å². The third-order valence-electron chi connectivity index (χ3n) is 14.0. The highest BCUT2D eigenvalue weighted by Gasteiger charge is 2.55. The minimum Gasteiger partial charge on any atom is -0.750 e. The van der Waals surface area contributed by atoms with Gasteiger partial charge in [-0.2, -0.15) is 0 Å². The van der Waals surface area contributed by atoms with Crippen molar-refractivity contribution in [2.75, 3.05) is 0 Å². The summed E-state index contributed by atoms with van der Waals surface area (Å²) in [5.74, 6) is 4.16. The maximum Gasteiger partial charge on any atom is 0.187 e. The molecule has 0 aromatic rings. The van der Waals surface area contributed by atoms with Gasteiger partial charge in [-0.05, 0) is 92.8 Å². The molecule has 0 aromatic carbocycles. The van der Waals surface area contributed by atoms with Crippen molar-refractivity contribution < 1.29 is 12.9 Å². The fourth-order valence-corrected chi connectivity index (χ4v) is 12.6. The molecule has 5 saturated heterocycles. The van der Waals surface area contributed by atoms with Gasteiger partial charge in [-0.1, -0.05) is 44.9 Å². The van der Waals surface area contributed by atoms with E-state index in [1.165, 1.54) is 77.0 Å². The minimum atomic E-state index is -2.51. The lowest BCUT2D eigenvalue weighted by atomic mass is 9.75. The van der Waals surface area contributed by atoms with Crippen molar-refractivity contribution in [1.82, 2.24) is 42.5 Å². The number of hydrogen-bond donors (Lipinski definition) is 8. The largest absolute Gasteiger partial charge is 0.750 e. The van der Waals surface area contributed by atoms with Gasteiger partial charge in [0.25, 0.3) is 0 Å². The Labute approximate surface area is 282 Å². The van der Waals surface area contributed by atoms with E-state index >= 15 is 0 Å². The predicted molar refractivity (Wildman–Crippen MR) is 176 cm³/mol. The molecule has 4 aliphatic carbocycles. The van der Waals surface area contributed by atoms with Gasteiger partial charge in [-0.15, -0.1) is 0 Å². The molecule has 5 heterocycles. The average Bonchev–Trinajstić information content (AvgIpc) is 3.77. The molecule has 9 rings (SSSR count). The van der Waals surface area contributed by atoms with Crippen LogP contribution in [-0.2, 0) is 15.5 Å². The molecular formula is C32H58AlN8O3S-. The lowest BCUT2D eigenvalue weighted by Gasteiger charge is -2.39. The van der Waals surface area contributed by atoms with Crippen LogP contribution < -0.4 is 42.5 Å². The first-order valence-electron chi connectivity index (χ1n) is 18.5. The Bertz CT molecular complexity index is 1080. The van der Waals surface area contributed by atoms with Crippen molar-refractivity contribution in [3.8, 4) is 0 Å². The molecule has 18 atom stereocenters. The molecule has 254 valence electrons. The molecule has 9 fully saturated rings. The maximum absolute atomic E-state index is 11.8. The van der Waals surface area contributed by atoms with Crippen LogP contribution in [0.4, 0.5) is 0 Å². The number of nitrogens with one attached hydrogen (secondary N) is 8. The van der Waals surface area contributed by atoms with E-state index < -0.39 is 11.4 Å². The normalized spacial score (nSPS) is 54.6. The molecule has 4 saturated carbocycles. The van der Waals surface area contributed by atoms with E-state index in [9.17, 15) is 8.76 Å². The molecule has 11 nitrogen and oxygen atoms in total. The molecule has 8 bridgehead atoms. The topological polar surface area (TPSA) is 146 Å². The summed E-state index contributed by atoms with van der Waals surface area (Å²) < 4.78 is 29.3. The zero-order valence-electron chi connectivity index (χ0n) is 26.1. The molecule has 45 heavy (non-hydrogen) atoms. The fraction of sp³-hybridized carbons (Fsp3) is 1.00. The highest BCUT2D eigenvalue weighted by Crippen LogP contribution is 2.46. The van der Waals surface area contributed by atoms with E-state index in [-0.39, 0.29) is 60.2 Å². The summed E-state index contributed by atoms with van der Waals surface area (Å²) in [6.07, 6.45) is 20.0. The van der Waals surface area contributed by atoms with Crippen molar-refractivity contribution in [3.63, 3.8) is 0 Å². The van der Waals surface area contributed by atoms with E-state index in [4.69, 9.17) is 4.18 Å². The maximum atomic E-state index is 11.8. The second-order valence-corrected chi connectivity index (χ2v) is 16.6. The summed E-state index contributed by atoms with van der Waals surface area (Å²) in [5.41, 5.74) is 0. The molecular weight excluding hydrogens is 603 g/mol. The first-order valence-corrected chi connectivity index (χ1v) is 19.5.